The Bertz CT molecular complexity index is 903. The van der Waals surface area contributed by atoms with Gasteiger partial charge in [0.05, 0.1) is 17.3 Å². The number of esters is 1. The number of para-hydroxylation sites is 1. The number of carbonyl (C=O) groups excluding carboxylic acids is 1. The van der Waals surface area contributed by atoms with Gasteiger partial charge < -0.3 is 9.72 Å². The van der Waals surface area contributed by atoms with Crippen molar-refractivity contribution in [3.8, 4) is 0 Å². The number of carbonyl (C=O) groups is 1. The molecule has 0 saturated carbocycles. The number of aryl methyl sites for hydroxylation is 1. The van der Waals surface area contributed by atoms with Crippen molar-refractivity contribution < 1.29 is 9.53 Å². The van der Waals surface area contributed by atoms with Crippen LogP contribution in [0.4, 0.5) is 0 Å². The molecule has 3 rings (SSSR count). The van der Waals surface area contributed by atoms with E-state index in [9.17, 15) is 9.59 Å². The van der Waals surface area contributed by atoms with Crippen molar-refractivity contribution in [2.75, 3.05) is 0 Å². The monoisotopic (exact) mass is 322 g/mol. The Balaban J connectivity index is 1.63. The van der Waals surface area contributed by atoms with E-state index in [1.807, 2.05) is 43.3 Å². The summed E-state index contributed by atoms with van der Waals surface area (Å²) in [5, 5.41) is 0.543. The molecule has 122 valence electrons. The molecule has 2 aromatic carbocycles. The molecule has 5 heteroatoms. The Kier molecular flexibility index (Phi) is 4.70. The number of benzene rings is 2. The first-order valence-corrected chi connectivity index (χ1v) is 7.86. The molecule has 0 saturated heterocycles. The van der Waals surface area contributed by atoms with E-state index >= 15 is 0 Å². The SMILES string of the molecule is C[C@@H](OC(=O)CCc1nc2ccccc2c(=O)[nH]1)c1ccccc1. The number of H-pyrrole nitrogens is 1. The summed E-state index contributed by atoms with van der Waals surface area (Å²) in [5.74, 6) is 0.171. The highest BCUT2D eigenvalue weighted by Crippen LogP contribution is 2.17. The molecule has 1 N–H and O–H groups in total. The van der Waals surface area contributed by atoms with Crippen LogP contribution < -0.4 is 5.56 Å². The van der Waals surface area contributed by atoms with Crippen LogP contribution in [-0.2, 0) is 16.0 Å². The lowest BCUT2D eigenvalue weighted by Crippen LogP contribution is -2.14. The molecule has 0 aliphatic carbocycles. The predicted molar refractivity (Wildman–Crippen MR) is 91.6 cm³/mol. The van der Waals surface area contributed by atoms with Crippen LogP contribution >= 0.6 is 0 Å². The lowest BCUT2D eigenvalue weighted by molar-refractivity contribution is -0.148. The second-order valence-corrected chi connectivity index (χ2v) is 5.57. The zero-order valence-corrected chi connectivity index (χ0v) is 13.4. The average Bonchev–Trinajstić information content (AvgIpc) is 2.61. The molecule has 0 spiro atoms. The van der Waals surface area contributed by atoms with Gasteiger partial charge in [-0.25, -0.2) is 4.98 Å². The van der Waals surface area contributed by atoms with Gasteiger partial charge in [-0.2, -0.15) is 0 Å². The fourth-order valence-corrected chi connectivity index (χ4v) is 2.52. The molecule has 3 aromatic rings. The summed E-state index contributed by atoms with van der Waals surface area (Å²) in [7, 11) is 0. The van der Waals surface area contributed by atoms with Crippen molar-refractivity contribution in [3.05, 3.63) is 76.3 Å². The van der Waals surface area contributed by atoms with Gasteiger partial charge in [0.15, 0.2) is 0 Å². The highest BCUT2D eigenvalue weighted by atomic mass is 16.5. The Labute approximate surface area is 139 Å². The summed E-state index contributed by atoms with van der Waals surface area (Å²) >= 11 is 0. The minimum absolute atomic E-state index is 0.165. The summed E-state index contributed by atoms with van der Waals surface area (Å²) in [5.41, 5.74) is 1.38. The first-order valence-electron chi connectivity index (χ1n) is 7.86. The van der Waals surface area contributed by atoms with E-state index < -0.39 is 0 Å². The van der Waals surface area contributed by atoms with E-state index in [2.05, 4.69) is 9.97 Å². The molecular weight excluding hydrogens is 304 g/mol. The summed E-state index contributed by atoms with van der Waals surface area (Å²) in [6, 6.07) is 16.7. The fourth-order valence-electron chi connectivity index (χ4n) is 2.52. The van der Waals surface area contributed by atoms with Gasteiger partial charge in [-0.1, -0.05) is 42.5 Å². The highest BCUT2D eigenvalue weighted by Gasteiger charge is 2.12. The standard InChI is InChI=1S/C19H18N2O3/c1-13(14-7-3-2-4-8-14)24-18(22)12-11-17-20-16-10-6-5-9-15(16)19(23)21-17/h2-10,13H,11-12H2,1H3,(H,20,21,23)/t13-/m1/s1. The van der Waals surface area contributed by atoms with E-state index in [4.69, 9.17) is 4.74 Å². The van der Waals surface area contributed by atoms with Crippen LogP contribution in [0, 0.1) is 0 Å². The van der Waals surface area contributed by atoms with E-state index in [0.717, 1.165) is 5.56 Å². The molecule has 0 bridgehead atoms. The maximum atomic E-state index is 12.0. The summed E-state index contributed by atoms with van der Waals surface area (Å²) in [4.78, 5) is 31.1. The normalized spacial score (nSPS) is 12.0. The zero-order valence-electron chi connectivity index (χ0n) is 13.4. The Morgan fingerprint density at radius 3 is 2.62 bits per heavy atom. The van der Waals surface area contributed by atoms with Crippen molar-refractivity contribution in [1.29, 1.82) is 0 Å². The van der Waals surface area contributed by atoms with Gasteiger partial charge in [0.1, 0.15) is 11.9 Å². The molecule has 0 aliphatic rings. The second kappa shape index (κ2) is 7.08. The van der Waals surface area contributed by atoms with Crippen LogP contribution in [0.5, 0.6) is 0 Å². The average molecular weight is 322 g/mol. The number of rotatable bonds is 5. The van der Waals surface area contributed by atoms with Crippen molar-refractivity contribution in [3.63, 3.8) is 0 Å². The van der Waals surface area contributed by atoms with Gasteiger partial charge in [-0.15, -0.1) is 0 Å². The molecule has 0 radical (unpaired) electrons. The molecule has 0 aliphatic heterocycles. The molecule has 24 heavy (non-hydrogen) atoms. The minimum Gasteiger partial charge on any atom is -0.458 e. The number of hydrogen-bond acceptors (Lipinski definition) is 4. The van der Waals surface area contributed by atoms with Crippen LogP contribution in [0.2, 0.25) is 0 Å². The molecule has 0 unspecified atom stereocenters. The summed E-state index contributed by atoms with van der Waals surface area (Å²) in [6.07, 6.45) is 0.195. The quantitative estimate of drug-likeness (QED) is 0.732. The van der Waals surface area contributed by atoms with Gasteiger partial charge in [-0.05, 0) is 24.6 Å². The molecule has 5 nitrogen and oxygen atoms in total. The third-order valence-electron chi connectivity index (χ3n) is 3.81. The zero-order chi connectivity index (χ0) is 16.9. The second-order valence-electron chi connectivity index (χ2n) is 5.57. The number of aromatic amines is 1. The summed E-state index contributed by atoms with van der Waals surface area (Å²) in [6.45, 7) is 1.84. The van der Waals surface area contributed by atoms with Crippen LogP contribution in [0.15, 0.2) is 59.4 Å². The van der Waals surface area contributed by atoms with Crippen molar-refractivity contribution in [1.82, 2.24) is 9.97 Å². The van der Waals surface area contributed by atoms with Gasteiger partial charge in [-0.3, -0.25) is 9.59 Å². The van der Waals surface area contributed by atoms with Gasteiger partial charge in [0.2, 0.25) is 0 Å². The molecule has 0 amide bonds. The van der Waals surface area contributed by atoms with Crippen LogP contribution in [0.25, 0.3) is 10.9 Å². The Morgan fingerprint density at radius 1 is 1.12 bits per heavy atom. The third-order valence-corrected chi connectivity index (χ3v) is 3.81. The van der Waals surface area contributed by atoms with E-state index in [1.165, 1.54) is 0 Å². The largest absolute Gasteiger partial charge is 0.458 e. The van der Waals surface area contributed by atoms with Crippen molar-refractivity contribution in [2.45, 2.75) is 25.9 Å². The lowest BCUT2D eigenvalue weighted by atomic mass is 10.1. The number of aromatic nitrogens is 2. The molecule has 1 atom stereocenters. The first kappa shape index (κ1) is 15.9. The lowest BCUT2D eigenvalue weighted by Gasteiger charge is -2.13. The van der Waals surface area contributed by atoms with Crippen LogP contribution in [-0.4, -0.2) is 15.9 Å². The van der Waals surface area contributed by atoms with E-state index in [-0.39, 0.29) is 24.1 Å². The van der Waals surface area contributed by atoms with Gasteiger partial charge in [0, 0.05) is 6.42 Å². The predicted octanol–water partition coefficient (Wildman–Crippen LogP) is 3.16. The summed E-state index contributed by atoms with van der Waals surface area (Å²) < 4.78 is 5.42. The maximum Gasteiger partial charge on any atom is 0.306 e. The maximum absolute atomic E-state index is 12.0. The fraction of sp³-hybridized carbons (Fsp3) is 0.211. The molecule has 1 aromatic heterocycles. The Hall–Kier alpha value is -2.95. The van der Waals surface area contributed by atoms with Crippen LogP contribution in [0.3, 0.4) is 0 Å². The van der Waals surface area contributed by atoms with Crippen LogP contribution in [0.1, 0.15) is 30.8 Å². The van der Waals surface area contributed by atoms with Crippen molar-refractivity contribution in [2.24, 2.45) is 0 Å². The molecule has 1 heterocycles. The first-order chi connectivity index (χ1) is 11.6. The molecule has 0 fully saturated rings. The van der Waals surface area contributed by atoms with E-state index in [1.54, 1.807) is 18.2 Å². The molecular formula is C19H18N2O3. The van der Waals surface area contributed by atoms with Crippen molar-refractivity contribution >= 4 is 16.9 Å². The topological polar surface area (TPSA) is 72.0 Å². The number of fused-ring (bicyclic) bond motifs is 1. The van der Waals surface area contributed by atoms with Gasteiger partial charge in [0.25, 0.3) is 5.56 Å². The number of hydrogen-bond donors (Lipinski definition) is 1. The number of ether oxygens (including phenoxy) is 1. The minimum atomic E-state index is -0.317. The van der Waals surface area contributed by atoms with Gasteiger partial charge >= 0.3 is 5.97 Å². The number of nitrogens with one attached hydrogen (secondary N) is 1. The third kappa shape index (κ3) is 3.68. The number of nitrogens with zero attached hydrogens (tertiary/aromatic N) is 1. The highest BCUT2D eigenvalue weighted by molar-refractivity contribution is 5.77. The smallest absolute Gasteiger partial charge is 0.306 e. The Morgan fingerprint density at radius 2 is 1.83 bits per heavy atom. The van der Waals surface area contributed by atoms with E-state index in [0.29, 0.717) is 23.1 Å².